The summed E-state index contributed by atoms with van der Waals surface area (Å²) in [5.74, 6) is 0. The van der Waals surface area contributed by atoms with Crippen molar-refractivity contribution < 1.29 is 0 Å². The van der Waals surface area contributed by atoms with Gasteiger partial charge in [-0.05, 0) is 18.1 Å². The van der Waals surface area contributed by atoms with Crippen LogP contribution in [0.3, 0.4) is 0 Å². The van der Waals surface area contributed by atoms with Gasteiger partial charge in [-0.1, -0.05) is 42.8 Å². The zero-order valence-corrected chi connectivity index (χ0v) is 8.39. The van der Waals surface area contributed by atoms with Crippen LogP contribution in [0.5, 0.6) is 0 Å². The van der Waals surface area contributed by atoms with E-state index < -0.39 is 0 Å². The van der Waals surface area contributed by atoms with E-state index in [1.807, 2.05) is 0 Å². The average molecular weight is 171 g/mol. The summed E-state index contributed by atoms with van der Waals surface area (Å²) >= 11 is 0. The van der Waals surface area contributed by atoms with Crippen molar-refractivity contribution in [1.29, 1.82) is 0 Å². The van der Waals surface area contributed by atoms with Gasteiger partial charge in [0.05, 0.1) is 0 Å². The minimum Gasteiger partial charge on any atom is -0.0660 e. The molecule has 1 unspecified atom stereocenters. The maximum Gasteiger partial charge on any atom is 0.0435 e. The molecule has 0 heterocycles. The van der Waals surface area contributed by atoms with Gasteiger partial charge in [-0.25, -0.2) is 0 Å². The number of allylic oxidation sites excluding steroid dienone is 1. The van der Waals surface area contributed by atoms with E-state index in [2.05, 4.69) is 54.4 Å². The number of hydrogen-bond acceptors (Lipinski definition) is 0. The van der Waals surface area contributed by atoms with Crippen molar-refractivity contribution in [3.63, 3.8) is 0 Å². The minimum atomic E-state index is 0.0522. The molecular formula is C11H11Si. The summed E-state index contributed by atoms with van der Waals surface area (Å²) in [5.41, 5.74) is 4.09. The molecule has 1 atom stereocenters. The molecule has 0 saturated heterocycles. The third-order valence-corrected chi connectivity index (χ3v) is 3.32. The van der Waals surface area contributed by atoms with E-state index in [1.54, 1.807) is 0 Å². The molecule has 0 nitrogen and oxygen atoms in total. The van der Waals surface area contributed by atoms with E-state index in [-0.39, 0.29) is 5.04 Å². The SMILES string of the molecule is CC1=Cc2ccccc2C1(C)[Si]. The molecule has 2 rings (SSSR count). The van der Waals surface area contributed by atoms with E-state index >= 15 is 0 Å². The van der Waals surface area contributed by atoms with Crippen molar-refractivity contribution in [2.24, 2.45) is 0 Å². The summed E-state index contributed by atoms with van der Waals surface area (Å²) in [6.45, 7) is 4.36. The Morgan fingerprint density at radius 3 is 2.58 bits per heavy atom. The van der Waals surface area contributed by atoms with Crippen LogP contribution in [-0.2, 0) is 5.04 Å². The summed E-state index contributed by atoms with van der Waals surface area (Å²) in [4.78, 5) is 0. The fourth-order valence-electron chi connectivity index (χ4n) is 1.67. The molecule has 1 aromatic carbocycles. The fraction of sp³-hybridized carbons (Fsp3) is 0.273. The number of fused-ring (bicyclic) bond motifs is 1. The lowest BCUT2D eigenvalue weighted by atomic mass is 9.97. The quantitative estimate of drug-likeness (QED) is 0.526. The molecule has 1 aromatic rings. The first-order chi connectivity index (χ1) is 5.62. The van der Waals surface area contributed by atoms with Crippen molar-refractivity contribution >= 4 is 16.3 Å². The maximum absolute atomic E-state index is 3.79. The third kappa shape index (κ3) is 0.895. The normalized spacial score (nSPS) is 26.8. The Hall–Kier alpha value is -0.823. The van der Waals surface area contributed by atoms with E-state index in [4.69, 9.17) is 0 Å². The van der Waals surface area contributed by atoms with Gasteiger partial charge in [0.1, 0.15) is 0 Å². The summed E-state index contributed by atoms with van der Waals surface area (Å²) < 4.78 is 0. The van der Waals surface area contributed by atoms with Crippen LogP contribution in [0, 0.1) is 0 Å². The van der Waals surface area contributed by atoms with E-state index in [9.17, 15) is 0 Å². The zero-order valence-electron chi connectivity index (χ0n) is 7.39. The Kier molecular flexibility index (Phi) is 1.52. The maximum atomic E-state index is 3.79. The van der Waals surface area contributed by atoms with Gasteiger partial charge in [0, 0.05) is 15.3 Å². The van der Waals surface area contributed by atoms with Gasteiger partial charge in [-0.3, -0.25) is 0 Å². The van der Waals surface area contributed by atoms with Crippen molar-refractivity contribution in [2.45, 2.75) is 18.9 Å². The fourth-order valence-corrected chi connectivity index (χ4v) is 1.97. The lowest BCUT2D eigenvalue weighted by Gasteiger charge is -2.21. The molecule has 3 radical (unpaired) electrons. The van der Waals surface area contributed by atoms with Crippen molar-refractivity contribution in [2.75, 3.05) is 0 Å². The van der Waals surface area contributed by atoms with Crippen LogP contribution >= 0.6 is 0 Å². The molecule has 1 aliphatic carbocycles. The predicted molar refractivity (Wildman–Crippen MR) is 53.2 cm³/mol. The van der Waals surface area contributed by atoms with Crippen LogP contribution < -0.4 is 0 Å². The average Bonchev–Trinajstić information content (AvgIpc) is 2.25. The molecule has 0 fully saturated rings. The van der Waals surface area contributed by atoms with E-state index in [0.29, 0.717) is 0 Å². The Labute approximate surface area is 76.7 Å². The molecule has 0 aromatic heterocycles. The zero-order chi connectivity index (χ0) is 8.77. The number of rotatable bonds is 0. The first-order valence-electron chi connectivity index (χ1n) is 4.15. The molecule has 1 aliphatic rings. The van der Waals surface area contributed by atoms with Gasteiger partial charge in [-0.15, -0.1) is 0 Å². The van der Waals surface area contributed by atoms with Crippen LogP contribution in [0.25, 0.3) is 6.08 Å². The van der Waals surface area contributed by atoms with Gasteiger partial charge in [-0.2, -0.15) is 0 Å². The molecule has 0 saturated carbocycles. The highest BCUT2D eigenvalue weighted by Crippen LogP contribution is 2.38. The highest BCUT2D eigenvalue weighted by molar-refractivity contribution is 6.19. The monoisotopic (exact) mass is 171 g/mol. The van der Waals surface area contributed by atoms with Crippen LogP contribution in [0.4, 0.5) is 0 Å². The highest BCUT2D eigenvalue weighted by atomic mass is 28.1. The highest BCUT2D eigenvalue weighted by Gasteiger charge is 2.29. The van der Waals surface area contributed by atoms with Crippen LogP contribution in [0.2, 0.25) is 0 Å². The van der Waals surface area contributed by atoms with Crippen LogP contribution in [0.1, 0.15) is 25.0 Å². The molecular weight excluding hydrogens is 160 g/mol. The van der Waals surface area contributed by atoms with Crippen LogP contribution in [0.15, 0.2) is 29.8 Å². The van der Waals surface area contributed by atoms with Gasteiger partial charge in [0.15, 0.2) is 0 Å². The van der Waals surface area contributed by atoms with Gasteiger partial charge in [0.2, 0.25) is 0 Å². The second kappa shape index (κ2) is 2.33. The molecule has 1 heteroatoms. The van der Waals surface area contributed by atoms with Crippen molar-refractivity contribution in [1.82, 2.24) is 0 Å². The second-order valence-electron chi connectivity index (χ2n) is 3.54. The molecule has 0 spiro atoms. The van der Waals surface area contributed by atoms with E-state index in [0.717, 1.165) is 0 Å². The number of hydrogen-bond donors (Lipinski definition) is 0. The lowest BCUT2D eigenvalue weighted by Crippen LogP contribution is -2.20. The first kappa shape index (κ1) is 7.81. The van der Waals surface area contributed by atoms with E-state index in [1.165, 1.54) is 16.7 Å². The molecule has 59 valence electrons. The molecule has 0 N–H and O–H groups in total. The Bertz CT molecular complexity index is 348. The minimum absolute atomic E-state index is 0.0522. The third-order valence-electron chi connectivity index (χ3n) is 2.66. The molecule has 12 heavy (non-hydrogen) atoms. The van der Waals surface area contributed by atoms with Gasteiger partial charge in [0.25, 0.3) is 0 Å². The summed E-state index contributed by atoms with van der Waals surface area (Å²) in [7, 11) is 3.79. The Morgan fingerprint density at radius 1 is 1.25 bits per heavy atom. The molecule has 0 bridgehead atoms. The van der Waals surface area contributed by atoms with Crippen molar-refractivity contribution in [3.8, 4) is 0 Å². The predicted octanol–water partition coefficient (Wildman–Crippen LogP) is 2.49. The van der Waals surface area contributed by atoms with Gasteiger partial charge < -0.3 is 0 Å². The second-order valence-corrected chi connectivity index (χ2v) is 4.54. The molecule has 0 amide bonds. The van der Waals surface area contributed by atoms with Crippen LogP contribution in [-0.4, -0.2) is 10.2 Å². The Morgan fingerprint density at radius 2 is 1.92 bits per heavy atom. The first-order valence-corrected chi connectivity index (χ1v) is 4.65. The topological polar surface area (TPSA) is 0 Å². The van der Waals surface area contributed by atoms with Crippen molar-refractivity contribution in [3.05, 3.63) is 41.0 Å². The lowest BCUT2D eigenvalue weighted by molar-refractivity contribution is 0.819. The standard InChI is InChI=1S/C11H11Si/c1-8-7-9-5-3-4-6-10(9)11(8,2)12/h3-7H,1-2H3. The summed E-state index contributed by atoms with van der Waals surface area (Å²) in [5, 5.41) is 0.0522. The largest absolute Gasteiger partial charge is 0.0660 e. The molecule has 0 aliphatic heterocycles. The Balaban J connectivity index is 2.66. The van der Waals surface area contributed by atoms with Gasteiger partial charge >= 0.3 is 0 Å². The smallest absolute Gasteiger partial charge is 0.0435 e. The number of benzene rings is 1. The summed E-state index contributed by atoms with van der Waals surface area (Å²) in [6.07, 6.45) is 2.24. The summed E-state index contributed by atoms with van der Waals surface area (Å²) in [6, 6.07) is 8.50.